The van der Waals surface area contributed by atoms with Gasteiger partial charge in [-0.15, -0.1) is 0 Å². The number of hydrogen-bond donors (Lipinski definition) is 0. The molecule has 1 amide bonds. The SMILES string of the molecule is CCC(=O)N(CCC1(c2ccc(C)cc2)CCOC(C)(C)C1)Cc1ccc(OC)cc1. The number of ether oxygens (including phenoxy) is 2. The second-order valence-corrected chi connectivity index (χ2v) is 9.45. The van der Waals surface area contributed by atoms with Crippen LogP contribution in [0.15, 0.2) is 48.5 Å². The van der Waals surface area contributed by atoms with Crippen molar-refractivity contribution < 1.29 is 14.3 Å². The summed E-state index contributed by atoms with van der Waals surface area (Å²) >= 11 is 0. The van der Waals surface area contributed by atoms with Crippen molar-refractivity contribution in [2.45, 2.75) is 70.9 Å². The van der Waals surface area contributed by atoms with Crippen LogP contribution >= 0.6 is 0 Å². The Morgan fingerprint density at radius 1 is 1.10 bits per heavy atom. The van der Waals surface area contributed by atoms with Crippen LogP contribution in [0.2, 0.25) is 0 Å². The van der Waals surface area contributed by atoms with E-state index < -0.39 is 0 Å². The van der Waals surface area contributed by atoms with Gasteiger partial charge >= 0.3 is 0 Å². The lowest BCUT2D eigenvalue weighted by atomic mass is 9.67. The Hall–Kier alpha value is -2.33. The fourth-order valence-corrected chi connectivity index (χ4v) is 4.80. The number of nitrogens with zero attached hydrogens (tertiary/aromatic N) is 1. The van der Waals surface area contributed by atoms with Crippen LogP contribution in [-0.2, 0) is 21.5 Å². The Labute approximate surface area is 187 Å². The van der Waals surface area contributed by atoms with Crippen molar-refractivity contribution in [2.24, 2.45) is 0 Å². The van der Waals surface area contributed by atoms with Gasteiger partial charge in [-0.3, -0.25) is 4.79 Å². The van der Waals surface area contributed by atoms with Crippen molar-refractivity contribution in [1.82, 2.24) is 4.90 Å². The highest BCUT2D eigenvalue weighted by Crippen LogP contribution is 2.44. The molecule has 0 saturated carbocycles. The number of benzene rings is 2. The fraction of sp³-hybridized carbons (Fsp3) is 0.519. The van der Waals surface area contributed by atoms with Gasteiger partial charge in [-0.25, -0.2) is 0 Å². The second-order valence-electron chi connectivity index (χ2n) is 9.45. The van der Waals surface area contributed by atoms with Gasteiger partial charge in [-0.05, 0) is 63.3 Å². The number of carbonyl (C=O) groups is 1. The zero-order valence-corrected chi connectivity index (χ0v) is 19.7. The average Bonchev–Trinajstić information content (AvgIpc) is 2.76. The molecule has 2 aromatic carbocycles. The Bertz CT molecular complexity index is 857. The van der Waals surface area contributed by atoms with E-state index in [1.54, 1.807) is 7.11 Å². The zero-order valence-electron chi connectivity index (χ0n) is 19.7. The summed E-state index contributed by atoms with van der Waals surface area (Å²) in [5.74, 6) is 1.03. The lowest BCUT2D eigenvalue weighted by Crippen LogP contribution is -2.46. The van der Waals surface area contributed by atoms with E-state index in [2.05, 4.69) is 45.0 Å². The van der Waals surface area contributed by atoms with Crippen LogP contribution in [0.1, 0.15) is 63.1 Å². The minimum atomic E-state index is -0.168. The molecule has 1 aliphatic heterocycles. The normalized spacial score (nSPS) is 20.3. The standard InChI is InChI=1S/C27H37NO3/c1-6-25(29)28(19-22-9-13-24(30-5)14-10-22)17-15-27(16-18-31-26(3,4)20-27)23-11-7-21(2)8-12-23/h7-14H,6,15-20H2,1-5H3. The largest absolute Gasteiger partial charge is 0.497 e. The highest BCUT2D eigenvalue weighted by Gasteiger charge is 2.42. The van der Waals surface area contributed by atoms with Crippen molar-refractivity contribution >= 4 is 5.91 Å². The first-order chi connectivity index (χ1) is 14.8. The number of amides is 1. The van der Waals surface area contributed by atoms with Gasteiger partial charge in [0.05, 0.1) is 12.7 Å². The van der Waals surface area contributed by atoms with Crippen LogP contribution < -0.4 is 4.74 Å². The number of methoxy groups -OCH3 is 1. The minimum absolute atomic E-state index is 0.0155. The average molecular weight is 424 g/mol. The van der Waals surface area contributed by atoms with Gasteiger partial charge in [0.15, 0.2) is 0 Å². The maximum atomic E-state index is 12.8. The predicted octanol–water partition coefficient (Wildman–Crippen LogP) is 5.66. The summed E-state index contributed by atoms with van der Waals surface area (Å²) in [6, 6.07) is 16.9. The van der Waals surface area contributed by atoms with Crippen molar-refractivity contribution in [2.75, 3.05) is 20.3 Å². The molecule has 1 fully saturated rings. The van der Waals surface area contributed by atoms with E-state index in [1.165, 1.54) is 11.1 Å². The molecule has 4 nitrogen and oxygen atoms in total. The molecular formula is C27H37NO3. The summed E-state index contributed by atoms with van der Waals surface area (Å²) in [7, 11) is 1.67. The molecule has 1 atom stereocenters. The molecule has 0 radical (unpaired) electrons. The molecule has 2 aromatic rings. The Morgan fingerprint density at radius 2 is 1.77 bits per heavy atom. The summed E-state index contributed by atoms with van der Waals surface area (Å²) in [6.07, 6.45) is 3.39. The van der Waals surface area contributed by atoms with Gasteiger partial charge in [0.1, 0.15) is 5.75 Å². The van der Waals surface area contributed by atoms with E-state index in [9.17, 15) is 4.79 Å². The van der Waals surface area contributed by atoms with E-state index in [0.29, 0.717) is 13.0 Å². The molecule has 0 bridgehead atoms. The topological polar surface area (TPSA) is 38.8 Å². The van der Waals surface area contributed by atoms with Gasteiger partial charge in [0.25, 0.3) is 0 Å². The van der Waals surface area contributed by atoms with Gasteiger partial charge in [-0.1, -0.05) is 48.9 Å². The predicted molar refractivity (Wildman–Crippen MR) is 125 cm³/mol. The minimum Gasteiger partial charge on any atom is -0.497 e. The molecule has 0 spiro atoms. The zero-order chi connectivity index (χ0) is 22.5. The van der Waals surface area contributed by atoms with Gasteiger partial charge < -0.3 is 14.4 Å². The molecule has 4 heteroatoms. The number of hydrogen-bond acceptors (Lipinski definition) is 3. The molecule has 1 unspecified atom stereocenters. The van der Waals surface area contributed by atoms with Gasteiger partial charge in [0.2, 0.25) is 5.91 Å². The summed E-state index contributed by atoms with van der Waals surface area (Å²) in [6.45, 7) is 10.5. The molecule has 1 heterocycles. The maximum absolute atomic E-state index is 12.8. The van der Waals surface area contributed by atoms with Crippen molar-refractivity contribution in [1.29, 1.82) is 0 Å². The van der Waals surface area contributed by atoms with E-state index >= 15 is 0 Å². The molecule has 3 rings (SSSR count). The van der Waals surface area contributed by atoms with Gasteiger partial charge in [-0.2, -0.15) is 0 Å². The van der Waals surface area contributed by atoms with Crippen LogP contribution in [-0.4, -0.2) is 36.7 Å². The molecule has 0 aliphatic carbocycles. The maximum Gasteiger partial charge on any atom is 0.222 e. The van der Waals surface area contributed by atoms with E-state index in [0.717, 1.165) is 43.7 Å². The first kappa shape index (κ1) is 23.3. The van der Waals surface area contributed by atoms with Crippen LogP contribution in [0.3, 0.4) is 0 Å². The Morgan fingerprint density at radius 3 is 2.35 bits per heavy atom. The third-order valence-electron chi connectivity index (χ3n) is 6.55. The highest BCUT2D eigenvalue weighted by atomic mass is 16.5. The number of rotatable bonds is 8. The summed E-state index contributed by atoms with van der Waals surface area (Å²) in [5.41, 5.74) is 3.61. The molecule has 1 saturated heterocycles. The lowest BCUT2D eigenvalue weighted by Gasteiger charge is -2.46. The summed E-state index contributed by atoms with van der Waals surface area (Å²) < 4.78 is 11.3. The van der Waals surface area contributed by atoms with Crippen LogP contribution in [0.5, 0.6) is 5.75 Å². The monoisotopic (exact) mass is 423 g/mol. The van der Waals surface area contributed by atoms with E-state index in [4.69, 9.17) is 9.47 Å². The van der Waals surface area contributed by atoms with E-state index in [1.807, 2.05) is 36.1 Å². The molecule has 0 N–H and O–H groups in total. The third-order valence-corrected chi connectivity index (χ3v) is 6.55. The molecule has 1 aliphatic rings. The van der Waals surface area contributed by atoms with Crippen LogP contribution in [0.25, 0.3) is 0 Å². The van der Waals surface area contributed by atoms with Crippen LogP contribution in [0, 0.1) is 6.92 Å². The quantitative estimate of drug-likeness (QED) is 0.550. The van der Waals surface area contributed by atoms with Crippen molar-refractivity contribution in [3.8, 4) is 5.75 Å². The first-order valence-electron chi connectivity index (χ1n) is 11.4. The smallest absolute Gasteiger partial charge is 0.222 e. The van der Waals surface area contributed by atoms with Crippen molar-refractivity contribution in [3.05, 3.63) is 65.2 Å². The Kier molecular flexibility index (Phi) is 7.42. The van der Waals surface area contributed by atoms with E-state index in [-0.39, 0.29) is 16.9 Å². The summed E-state index contributed by atoms with van der Waals surface area (Å²) in [5, 5.41) is 0. The third kappa shape index (κ3) is 5.88. The molecular weight excluding hydrogens is 386 g/mol. The molecule has 0 aromatic heterocycles. The van der Waals surface area contributed by atoms with Crippen LogP contribution in [0.4, 0.5) is 0 Å². The summed E-state index contributed by atoms with van der Waals surface area (Å²) in [4.78, 5) is 14.8. The molecule has 168 valence electrons. The highest BCUT2D eigenvalue weighted by molar-refractivity contribution is 5.75. The van der Waals surface area contributed by atoms with Crippen molar-refractivity contribution in [3.63, 3.8) is 0 Å². The lowest BCUT2D eigenvalue weighted by molar-refractivity contribution is -0.132. The molecule has 31 heavy (non-hydrogen) atoms. The number of carbonyl (C=O) groups excluding carboxylic acids is 1. The Balaban J connectivity index is 1.82. The number of aryl methyl sites for hydroxylation is 1. The first-order valence-corrected chi connectivity index (χ1v) is 11.4. The fourth-order valence-electron chi connectivity index (χ4n) is 4.80. The second kappa shape index (κ2) is 9.86. The van der Waals surface area contributed by atoms with Gasteiger partial charge in [0, 0.05) is 31.5 Å².